The molecule has 6 heteroatoms. The lowest BCUT2D eigenvalue weighted by molar-refractivity contribution is 0.278. The van der Waals surface area contributed by atoms with Crippen molar-refractivity contribution in [2.45, 2.75) is 60.8 Å². The van der Waals surface area contributed by atoms with Crippen molar-refractivity contribution in [3.8, 4) is 5.75 Å². The number of benzene rings is 2. The van der Waals surface area contributed by atoms with E-state index in [1.165, 1.54) is 17.3 Å². The van der Waals surface area contributed by atoms with E-state index in [4.69, 9.17) is 5.73 Å². The molecule has 0 fully saturated rings. The molecule has 4 nitrogen and oxygen atoms in total. The minimum atomic E-state index is -3.45. The van der Waals surface area contributed by atoms with E-state index in [9.17, 15) is 13.5 Å². The highest BCUT2D eigenvalue weighted by atomic mass is 32.3. The van der Waals surface area contributed by atoms with E-state index in [1.54, 1.807) is 36.4 Å². The minimum absolute atomic E-state index is 0.00637. The number of hydrogen-bond donors (Lipinski definition) is 2. The van der Waals surface area contributed by atoms with Crippen molar-refractivity contribution in [2.24, 2.45) is 5.73 Å². The first-order valence-corrected chi connectivity index (χ1v) is 12.0. The van der Waals surface area contributed by atoms with Crippen molar-refractivity contribution in [1.82, 2.24) is 0 Å². The number of hydrogen-bond acceptors (Lipinski definition) is 5. The maximum Gasteiger partial charge on any atom is 0.188 e. The Bertz CT molecular complexity index is 907. The summed E-state index contributed by atoms with van der Waals surface area (Å²) >= 11 is 1.21. The molecule has 146 valence electrons. The van der Waals surface area contributed by atoms with Crippen molar-refractivity contribution in [3.05, 3.63) is 53.6 Å². The van der Waals surface area contributed by atoms with Crippen LogP contribution in [0.3, 0.4) is 0 Å². The van der Waals surface area contributed by atoms with E-state index < -0.39 is 9.84 Å². The summed E-state index contributed by atoms with van der Waals surface area (Å²) in [7, 11) is -3.45. The second-order valence-electron chi connectivity index (χ2n) is 7.15. The summed E-state index contributed by atoms with van der Waals surface area (Å²) in [6, 6.07) is 12.1. The van der Waals surface area contributed by atoms with Gasteiger partial charge >= 0.3 is 0 Å². The summed E-state index contributed by atoms with van der Waals surface area (Å²) in [6.45, 7) is 4.25. The van der Waals surface area contributed by atoms with Crippen molar-refractivity contribution < 1.29 is 13.5 Å². The summed E-state index contributed by atoms with van der Waals surface area (Å²) in [5.74, 6) is 0.141. The molecule has 0 aromatic heterocycles. The van der Waals surface area contributed by atoms with Crippen LogP contribution in [0.2, 0.25) is 0 Å². The van der Waals surface area contributed by atoms with Gasteiger partial charge in [0.05, 0.1) is 9.79 Å². The number of sulfone groups is 1. The van der Waals surface area contributed by atoms with E-state index in [1.807, 2.05) is 6.07 Å². The standard InChI is InChI=1S/C21H27NO3S2/c1-3-21(4-2)18(22)13-11-15-10-12-17(23)20(19(15)21)26-14-27(24,25)16-8-6-5-7-9-16/h5-10,12,18,23H,3-4,11,13-14,22H2,1-2H3. The molecular weight excluding hydrogens is 378 g/mol. The summed E-state index contributed by atoms with van der Waals surface area (Å²) in [5, 5.41) is 10.5. The summed E-state index contributed by atoms with van der Waals surface area (Å²) in [5.41, 5.74) is 8.54. The lowest BCUT2D eigenvalue weighted by Crippen LogP contribution is -2.48. The Balaban J connectivity index is 2.02. The van der Waals surface area contributed by atoms with Crippen molar-refractivity contribution in [3.63, 3.8) is 0 Å². The van der Waals surface area contributed by atoms with Crippen molar-refractivity contribution >= 4 is 21.6 Å². The number of phenols is 1. The number of nitrogens with two attached hydrogens (primary N) is 1. The third kappa shape index (κ3) is 3.62. The third-order valence-electron chi connectivity index (χ3n) is 5.88. The van der Waals surface area contributed by atoms with Gasteiger partial charge < -0.3 is 10.8 Å². The second kappa shape index (κ2) is 7.86. The normalized spacial score (nSPS) is 18.9. The molecule has 2 aromatic rings. The van der Waals surface area contributed by atoms with Crippen molar-refractivity contribution in [2.75, 3.05) is 5.08 Å². The van der Waals surface area contributed by atoms with Crippen LogP contribution in [0.1, 0.15) is 44.2 Å². The monoisotopic (exact) mass is 405 g/mol. The smallest absolute Gasteiger partial charge is 0.188 e. The summed E-state index contributed by atoms with van der Waals surface area (Å²) in [4.78, 5) is 0.974. The van der Waals surface area contributed by atoms with Gasteiger partial charge in [-0.2, -0.15) is 0 Å². The highest BCUT2D eigenvalue weighted by Gasteiger charge is 2.42. The SMILES string of the molecule is CCC1(CC)c2c(ccc(O)c2SCS(=O)(=O)c2ccccc2)CCC1N. The Morgan fingerprint density at radius 2 is 1.81 bits per heavy atom. The quantitative estimate of drug-likeness (QED) is 0.703. The zero-order chi connectivity index (χ0) is 19.7. The number of thioether (sulfide) groups is 1. The summed E-state index contributed by atoms with van der Waals surface area (Å²) in [6.07, 6.45) is 3.49. The molecule has 0 aliphatic heterocycles. The Morgan fingerprint density at radius 1 is 1.15 bits per heavy atom. The van der Waals surface area contributed by atoms with Gasteiger partial charge in [0.2, 0.25) is 0 Å². The van der Waals surface area contributed by atoms with Gasteiger partial charge in [-0.1, -0.05) is 38.1 Å². The topological polar surface area (TPSA) is 80.4 Å². The lowest BCUT2D eigenvalue weighted by atomic mass is 9.64. The van der Waals surface area contributed by atoms with Crippen LogP contribution in [0, 0.1) is 0 Å². The number of fused-ring (bicyclic) bond motifs is 1. The molecule has 0 heterocycles. The predicted octanol–water partition coefficient (Wildman–Crippen LogP) is 4.25. The molecule has 1 unspecified atom stereocenters. The van der Waals surface area contributed by atoms with Crippen LogP contribution in [0.15, 0.2) is 52.3 Å². The minimum Gasteiger partial charge on any atom is -0.507 e. The van der Waals surface area contributed by atoms with Crippen LogP contribution in [-0.2, 0) is 21.7 Å². The fraction of sp³-hybridized carbons (Fsp3) is 0.429. The first-order chi connectivity index (χ1) is 12.9. The molecule has 2 aromatic carbocycles. The molecule has 0 bridgehead atoms. The molecule has 0 amide bonds. The van der Waals surface area contributed by atoms with Gasteiger partial charge in [0.15, 0.2) is 9.84 Å². The van der Waals surface area contributed by atoms with Crippen LogP contribution in [0.4, 0.5) is 0 Å². The molecule has 3 N–H and O–H groups in total. The first kappa shape index (κ1) is 20.2. The second-order valence-corrected chi connectivity index (χ2v) is 10.5. The third-order valence-corrected chi connectivity index (χ3v) is 9.28. The average Bonchev–Trinajstić information content (AvgIpc) is 2.68. The lowest BCUT2D eigenvalue weighted by Gasteiger charge is -2.44. The molecule has 0 spiro atoms. The molecule has 0 saturated heterocycles. The van der Waals surface area contributed by atoms with E-state index in [-0.39, 0.29) is 22.3 Å². The van der Waals surface area contributed by atoms with Crippen LogP contribution < -0.4 is 5.73 Å². The molecule has 1 aliphatic carbocycles. The Hall–Kier alpha value is -1.50. The van der Waals surface area contributed by atoms with Gasteiger partial charge in [-0.3, -0.25) is 0 Å². The van der Waals surface area contributed by atoms with Gasteiger partial charge in [0, 0.05) is 11.5 Å². The highest BCUT2D eigenvalue weighted by Crippen LogP contribution is 2.49. The maximum atomic E-state index is 12.7. The van der Waals surface area contributed by atoms with Crippen LogP contribution in [-0.4, -0.2) is 24.7 Å². The van der Waals surface area contributed by atoms with Crippen LogP contribution in [0.5, 0.6) is 5.75 Å². The zero-order valence-corrected chi connectivity index (χ0v) is 17.4. The molecule has 27 heavy (non-hydrogen) atoms. The average molecular weight is 406 g/mol. The largest absolute Gasteiger partial charge is 0.507 e. The Labute approximate surface area is 166 Å². The van der Waals surface area contributed by atoms with Gasteiger partial charge in [-0.25, -0.2) is 8.42 Å². The van der Waals surface area contributed by atoms with Gasteiger partial charge in [-0.15, -0.1) is 11.8 Å². The molecule has 1 atom stereocenters. The zero-order valence-electron chi connectivity index (χ0n) is 15.8. The van der Waals surface area contributed by atoms with E-state index in [0.717, 1.165) is 31.2 Å². The van der Waals surface area contributed by atoms with Gasteiger partial charge in [0.25, 0.3) is 0 Å². The van der Waals surface area contributed by atoms with Gasteiger partial charge in [0.1, 0.15) is 10.8 Å². The maximum absolute atomic E-state index is 12.7. The highest BCUT2D eigenvalue weighted by molar-refractivity contribution is 8.12. The Kier molecular flexibility index (Phi) is 5.89. The molecule has 0 radical (unpaired) electrons. The Morgan fingerprint density at radius 3 is 2.44 bits per heavy atom. The van der Waals surface area contributed by atoms with E-state index in [2.05, 4.69) is 13.8 Å². The van der Waals surface area contributed by atoms with Crippen LogP contribution >= 0.6 is 11.8 Å². The molecule has 0 saturated carbocycles. The van der Waals surface area contributed by atoms with Gasteiger partial charge in [-0.05, 0) is 55.0 Å². The van der Waals surface area contributed by atoms with E-state index >= 15 is 0 Å². The van der Waals surface area contributed by atoms with Crippen molar-refractivity contribution in [1.29, 1.82) is 0 Å². The fourth-order valence-corrected chi connectivity index (χ4v) is 7.15. The summed E-state index contributed by atoms with van der Waals surface area (Å²) < 4.78 is 25.4. The van der Waals surface area contributed by atoms with Crippen LogP contribution in [0.25, 0.3) is 0 Å². The number of aryl methyl sites for hydroxylation is 1. The molecular formula is C21H27NO3S2. The fourth-order valence-electron chi connectivity index (χ4n) is 4.25. The number of aromatic hydroxyl groups is 1. The number of phenolic OH excluding ortho intramolecular Hbond substituents is 1. The molecule has 1 aliphatic rings. The predicted molar refractivity (Wildman–Crippen MR) is 111 cm³/mol. The first-order valence-electron chi connectivity index (χ1n) is 9.37. The molecule has 3 rings (SSSR count). The number of rotatable bonds is 6. The van der Waals surface area contributed by atoms with E-state index in [0.29, 0.717) is 9.79 Å².